The molecule has 2 amide bonds. The molecule has 2 aromatic carbocycles. The monoisotopic (exact) mass is 403 g/mol. The summed E-state index contributed by atoms with van der Waals surface area (Å²) in [6, 6.07) is 15.6. The third-order valence-corrected chi connectivity index (χ3v) is 6.76. The lowest BCUT2D eigenvalue weighted by Gasteiger charge is -2.51. The Hall–Kier alpha value is -3.28. The minimum Gasteiger partial charge on any atom is -0.497 e. The van der Waals surface area contributed by atoms with Crippen molar-refractivity contribution in [3.05, 3.63) is 65.4 Å². The lowest BCUT2D eigenvalue weighted by atomic mass is 9.82. The first kappa shape index (κ1) is 18.7. The first-order chi connectivity index (χ1) is 14.4. The normalized spacial score (nSPS) is 22.1. The van der Waals surface area contributed by atoms with Gasteiger partial charge in [0, 0.05) is 17.4 Å². The van der Waals surface area contributed by atoms with Gasteiger partial charge in [-0.25, -0.2) is 0 Å². The van der Waals surface area contributed by atoms with E-state index in [9.17, 15) is 9.59 Å². The summed E-state index contributed by atoms with van der Waals surface area (Å²) in [5, 5.41) is 1.05. The van der Waals surface area contributed by atoms with E-state index in [1.54, 1.807) is 16.9 Å². The van der Waals surface area contributed by atoms with Gasteiger partial charge in [-0.05, 0) is 49.6 Å². The number of piperazine rings is 1. The minimum absolute atomic E-state index is 0.0123. The number of nitrogens with one attached hydrogen (secondary N) is 1. The quantitative estimate of drug-likeness (QED) is 0.729. The number of H-pyrrole nitrogens is 1. The Kier molecular flexibility index (Phi) is 4.13. The molecule has 1 aromatic heterocycles. The molecule has 0 spiro atoms. The van der Waals surface area contributed by atoms with Gasteiger partial charge in [0.1, 0.15) is 12.3 Å². The number of ether oxygens (including phenoxy) is 1. The van der Waals surface area contributed by atoms with Gasteiger partial charge in [-0.2, -0.15) is 0 Å². The number of carbonyl (C=O) groups is 2. The summed E-state index contributed by atoms with van der Waals surface area (Å²) in [6.45, 7) is 4.50. The van der Waals surface area contributed by atoms with Crippen molar-refractivity contribution >= 4 is 22.7 Å². The number of benzene rings is 2. The summed E-state index contributed by atoms with van der Waals surface area (Å²) in [4.78, 5) is 34.0. The van der Waals surface area contributed by atoms with Crippen LogP contribution < -0.4 is 4.74 Å². The molecule has 0 aliphatic carbocycles. The van der Waals surface area contributed by atoms with E-state index in [0.29, 0.717) is 13.0 Å². The molecule has 2 aliphatic heterocycles. The molecule has 6 nitrogen and oxygen atoms in total. The predicted molar refractivity (Wildman–Crippen MR) is 114 cm³/mol. The molecular weight excluding hydrogens is 378 g/mol. The Balaban J connectivity index is 1.63. The molecule has 3 heterocycles. The number of hydrogen-bond donors (Lipinski definition) is 1. The van der Waals surface area contributed by atoms with E-state index in [4.69, 9.17) is 4.74 Å². The fourth-order valence-corrected chi connectivity index (χ4v) is 5.01. The third-order valence-electron chi connectivity index (χ3n) is 6.76. The SMILES string of the molecule is COc1ccc2[nH]c3c(c2c1)CCN1C(=O)CN([C@H](C)c2ccccc2)C(=O)[C@@]31C. The number of carbonyl (C=O) groups excluding carboxylic acids is 2. The molecule has 1 fully saturated rings. The van der Waals surface area contributed by atoms with Gasteiger partial charge in [-0.3, -0.25) is 9.59 Å². The summed E-state index contributed by atoms with van der Waals surface area (Å²) < 4.78 is 5.40. The summed E-state index contributed by atoms with van der Waals surface area (Å²) in [5.41, 5.74) is 2.85. The smallest absolute Gasteiger partial charge is 0.255 e. The number of nitrogens with zero attached hydrogens (tertiary/aromatic N) is 2. The van der Waals surface area contributed by atoms with Crippen molar-refractivity contribution in [3.63, 3.8) is 0 Å². The summed E-state index contributed by atoms with van der Waals surface area (Å²) in [6.07, 6.45) is 0.714. The third kappa shape index (κ3) is 2.49. The van der Waals surface area contributed by atoms with Gasteiger partial charge >= 0.3 is 0 Å². The maximum Gasteiger partial charge on any atom is 0.255 e. The lowest BCUT2D eigenvalue weighted by Crippen LogP contribution is -2.67. The number of hydrogen-bond acceptors (Lipinski definition) is 3. The first-order valence-corrected chi connectivity index (χ1v) is 10.3. The first-order valence-electron chi connectivity index (χ1n) is 10.3. The number of rotatable bonds is 3. The second-order valence-corrected chi connectivity index (χ2v) is 8.28. The van der Waals surface area contributed by atoms with Gasteiger partial charge in [0.25, 0.3) is 5.91 Å². The second-order valence-electron chi connectivity index (χ2n) is 8.28. The lowest BCUT2D eigenvalue weighted by molar-refractivity contribution is -0.168. The van der Waals surface area contributed by atoms with Crippen LogP contribution in [0.25, 0.3) is 10.9 Å². The molecular formula is C24H25N3O3. The zero-order valence-electron chi connectivity index (χ0n) is 17.4. The molecule has 1 N–H and O–H groups in total. The van der Waals surface area contributed by atoms with Crippen LogP contribution in [0.3, 0.4) is 0 Å². The molecule has 0 bridgehead atoms. The number of fused-ring (bicyclic) bond motifs is 5. The average molecular weight is 403 g/mol. The van der Waals surface area contributed by atoms with Crippen LogP contribution in [0.15, 0.2) is 48.5 Å². The summed E-state index contributed by atoms with van der Waals surface area (Å²) in [7, 11) is 1.65. The molecule has 1 saturated heterocycles. The Labute approximate surface area is 175 Å². The number of aromatic amines is 1. The van der Waals surface area contributed by atoms with Gasteiger partial charge in [0.2, 0.25) is 5.91 Å². The van der Waals surface area contributed by atoms with E-state index in [1.807, 2.05) is 62.4 Å². The van der Waals surface area contributed by atoms with Gasteiger partial charge in [0.05, 0.1) is 18.8 Å². The fourth-order valence-electron chi connectivity index (χ4n) is 5.01. The molecule has 30 heavy (non-hydrogen) atoms. The van der Waals surface area contributed by atoms with Crippen LogP contribution in [0, 0.1) is 0 Å². The number of aromatic nitrogens is 1. The zero-order valence-corrected chi connectivity index (χ0v) is 17.4. The van der Waals surface area contributed by atoms with Gasteiger partial charge < -0.3 is 19.5 Å². The van der Waals surface area contributed by atoms with E-state index in [2.05, 4.69) is 4.98 Å². The molecule has 5 rings (SSSR count). The molecule has 154 valence electrons. The Bertz CT molecular complexity index is 1150. The average Bonchev–Trinajstić information content (AvgIpc) is 3.15. The predicted octanol–water partition coefficient (Wildman–Crippen LogP) is 3.38. The highest BCUT2D eigenvalue weighted by Crippen LogP contribution is 2.44. The van der Waals surface area contributed by atoms with E-state index in [1.165, 1.54) is 0 Å². The molecule has 0 saturated carbocycles. The highest BCUT2D eigenvalue weighted by molar-refractivity contribution is 6.01. The van der Waals surface area contributed by atoms with Gasteiger partial charge in [-0.15, -0.1) is 0 Å². The minimum atomic E-state index is -1.04. The maximum atomic E-state index is 13.9. The van der Waals surface area contributed by atoms with E-state index in [-0.39, 0.29) is 24.4 Å². The zero-order chi connectivity index (χ0) is 21.0. The number of methoxy groups -OCH3 is 1. The Morgan fingerprint density at radius 2 is 1.90 bits per heavy atom. The van der Waals surface area contributed by atoms with Crippen LogP contribution in [0.4, 0.5) is 0 Å². The molecule has 6 heteroatoms. The standard InChI is InChI=1S/C24H25N3O3/c1-15(16-7-5-4-6-8-16)26-14-21(28)27-12-11-18-19-13-17(30-3)9-10-20(19)25-22(18)24(27,2)23(26)29/h4-10,13,15,25H,11-12,14H2,1-3H3/t15-,24-/m1/s1. The van der Waals surface area contributed by atoms with Crippen molar-refractivity contribution in [1.82, 2.24) is 14.8 Å². The molecule has 2 aliphatic rings. The highest BCUT2D eigenvalue weighted by atomic mass is 16.5. The topological polar surface area (TPSA) is 65.6 Å². The van der Waals surface area contributed by atoms with Crippen LogP contribution in [-0.4, -0.2) is 46.8 Å². The molecule has 2 atom stereocenters. The summed E-state index contributed by atoms with van der Waals surface area (Å²) >= 11 is 0. The largest absolute Gasteiger partial charge is 0.497 e. The van der Waals surface area contributed by atoms with Crippen molar-refractivity contribution in [3.8, 4) is 5.75 Å². The second kappa shape index (κ2) is 6.62. The molecule has 0 unspecified atom stereocenters. The van der Waals surface area contributed by atoms with E-state index >= 15 is 0 Å². The molecule has 3 aromatic rings. The van der Waals surface area contributed by atoms with Gasteiger partial charge in [0.15, 0.2) is 5.54 Å². The van der Waals surface area contributed by atoms with Crippen molar-refractivity contribution in [2.45, 2.75) is 31.8 Å². The highest BCUT2D eigenvalue weighted by Gasteiger charge is 2.54. The fraction of sp³-hybridized carbons (Fsp3) is 0.333. The van der Waals surface area contributed by atoms with Crippen molar-refractivity contribution in [1.29, 1.82) is 0 Å². The number of amides is 2. The van der Waals surface area contributed by atoms with Gasteiger partial charge in [-0.1, -0.05) is 30.3 Å². The van der Waals surface area contributed by atoms with Crippen LogP contribution >= 0.6 is 0 Å². The van der Waals surface area contributed by atoms with E-state index in [0.717, 1.165) is 33.5 Å². The van der Waals surface area contributed by atoms with Crippen molar-refractivity contribution < 1.29 is 14.3 Å². The van der Waals surface area contributed by atoms with Crippen molar-refractivity contribution in [2.24, 2.45) is 0 Å². The molecule has 0 radical (unpaired) electrons. The Morgan fingerprint density at radius 1 is 1.13 bits per heavy atom. The van der Waals surface area contributed by atoms with Crippen molar-refractivity contribution in [2.75, 3.05) is 20.2 Å². The Morgan fingerprint density at radius 3 is 2.63 bits per heavy atom. The van der Waals surface area contributed by atoms with Crippen LogP contribution in [0.1, 0.15) is 36.7 Å². The maximum absolute atomic E-state index is 13.9. The van der Waals surface area contributed by atoms with Crippen LogP contribution in [0.5, 0.6) is 5.75 Å². The van der Waals surface area contributed by atoms with Crippen LogP contribution in [0.2, 0.25) is 0 Å². The van der Waals surface area contributed by atoms with Crippen LogP contribution in [-0.2, 0) is 21.5 Å². The van der Waals surface area contributed by atoms with E-state index < -0.39 is 5.54 Å². The summed E-state index contributed by atoms with van der Waals surface area (Å²) in [5.74, 6) is 0.724.